The summed E-state index contributed by atoms with van der Waals surface area (Å²) in [6.07, 6.45) is 0. The minimum atomic E-state index is 0.283. The lowest BCUT2D eigenvalue weighted by Gasteiger charge is -2.06. The smallest absolute Gasteiger partial charge is 0.233 e. The van der Waals surface area contributed by atoms with E-state index in [1.54, 1.807) is 17.8 Å². The van der Waals surface area contributed by atoms with Crippen LogP contribution in [-0.2, 0) is 0 Å². The van der Waals surface area contributed by atoms with Crippen molar-refractivity contribution in [1.82, 2.24) is 4.98 Å². The molecule has 0 radical (unpaired) electrons. The molecule has 0 spiro atoms. The summed E-state index contributed by atoms with van der Waals surface area (Å²) in [6, 6.07) is 3.72. The molecule has 0 atom stereocenters. The van der Waals surface area contributed by atoms with Crippen molar-refractivity contribution in [3.63, 3.8) is 0 Å². The maximum atomic E-state index is 8.81. The Balaban J connectivity index is 3.18. The van der Waals surface area contributed by atoms with Gasteiger partial charge >= 0.3 is 0 Å². The number of nitrogen functional groups attached to an aromatic ring is 1. The average Bonchev–Trinajstić information content (AvgIpc) is 2.20. The van der Waals surface area contributed by atoms with Gasteiger partial charge in [0, 0.05) is 0 Å². The number of nitriles is 1. The molecule has 4 nitrogen and oxygen atoms in total. The Labute approximate surface area is 87.1 Å². The summed E-state index contributed by atoms with van der Waals surface area (Å²) >= 11 is 1.56. The van der Waals surface area contributed by atoms with Gasteiger partial charge in [0.05, 0.1) is 12.0 Å². The van der Waals surface area contributed by atoms with Crippen LogP contribution in [0.3, 0.4) is 0 Å². The van der Waals surface area contributed by atoms with Gasteiger partial charge in [-0.1, -0.05) is 6.92 Å². The molecule has 5 heteroatoms. The fourth-order valence-electron chi connectivity index (χ4n) is 0.998. The molecule has 2 N–H and O–H groups in total. The van der Waals surface area contributed by atoms with E-state index in [-0.39, 0.29) is 5.88 Å². The molecule has 1 rings (SSSR count). The second-order valence-corrected chi connectivity index (χ2v) is 3.78. The standard InChI is InChI=1S/C9H11N3OS/c1-3-14-7-4-6(5-10)9(13-2)12-8(7)11/h4H,3H2,1-2H3,(H2,11,12). The highest BCUT2D eigenvalue weighted by Gasteiger charge is 2.09. The summed E-state index contributed by atoms with van der Waals surface area (Å²) in [7, 11) is 1.47. The number of ether oxygens (including phenoxy) is 1. The normalized spacial score (nSPS) is 9.50. The topological polar surface area (TPSA) is 71.9 Å². The number of thioether (sulfide) groups is 1. The van der Waals surface area contributed by atoms with Gasteiger partial charge in [0.1, 0.15) is 17.5 Å². The molecular weight excluding hydrogens is 198 g/mol. The number of rotatable bonds is 3. The van der Waals surface area contributed by atoms with Crippen LogP contribution in [0.5, 0.6) is 5.88 Å². The number of anilines is 1. The van der Waals surface area contributed by atoms with E-state index >= 15 is 0 Å². The van der Waals surface area contributed by atoms with Crippen molar-refractivity contribution in [1.29, 1.82) is 5.26 Å². The number of hydrogen-bond donors (Lipinski definition) is 1. The molecule has 0 aromatic carbocycles. The summed E-state index contributed by atoms with van der Waals surface area (Å²) in [4.78, 5) is 4.82. The molecule has 0 bridgehead atoms. The number of pyridine rings is 1. The van der Waals surface area contributed by atoms with Crippen LogP contribution in [-0.4, -0.2) is 17.8 Å². The summed E-state index contributed by atoms with van der Waals surface area (Å²) < 4.78 is 4.93. The monoisotopic (exact) mass is 209 g/mol. The molecule has 1 aromatic rings. The van der Waals surface area contributed by atoms with Gasteiger partial charge in [-0.15, -0.1) is 11.8 Å². The van der Waals surface area contributed by atoms with E-state index < -0.39 is 0 Å². The van der Waals surface area contributed by atoms with Crippen LogP contribution < -0.4 is 10.5 Å². The number of nitrogens with two attached hydrogens (primary N) is 1. The zero-order valence-electron chi connectivity index (χ0n) is 8.07. The van der Waals surface area contributed by atoms with Crippen molar-refractivity contribution in [2.45, 2.75) is 11.8 Å². The average molecular weight is 209 g/mol. The van der Waals surface area contributed by atoms with E-state index in [4.69, 9.17) is 15.7 Å². The Morgan fingerprint density at radius 2 is 2.43 bits per heavy atom. The van der Waals surface area contributed by atoms with Crippen molar-refractivity contribution in [3.05, 3.63) is 11.6 Å². The van der Waals surface area contributed by atoms with E-state index in [1.807, 2.05) is 13.0 Å². The van der Waals surface area contributed by atoms with Crippen LogP contribution in [0.25, 0.3) is 0 Å². The van der Waals surface area contributed by atoms with E-state index in [0.29, 0.717) is 11.4 Å². The Hall–Kier alpha value is -1.41. The Morgan fingerprint density at radius 3 is 2.93 bits per heavy atom. The first-order valence-corrected chi connectivity index (χ1v) is 5.08. The van der Waals surface area contributed by atoms with Crippen molar-refractivity contribution in [2.24, 2.45) is 0 Å². The number of hydrogen-bond acceptors (Lipinski definition) is 5. The van der Waals surface area contributed by atoms with Gasteiger partial charge in [0.2, 0.25) is 5.88 Å². The maximum absolute atomic E-state index is 8.81. The van der Waals surface area contributed by atoms with E-state index in [0.717, 1.165) is 10.6 Å². The first-order valence-electron chi connectivity index (χ1n) is 4.10. The third-order valence-corrected chi connectivity index (χ3v) is 2.52. The van der Waals surface area contributed by atoms with Gasteiger partial charge in [-0.05, 0) is 11.8 Å². The zero-order chi connectivity index (χ0) is 10.6. The van der Waals surface area contributed by atoms with Crippen LogP contribution in [0.2, 0.25) is 0 Å². The minimum absolute atomic E-state index is 0.283. The predicted molar refractivity (Wildman–Crippen MR) is 56.3 cm³/mol. The molecule has 0 aliphatic carbocycles. The molecule has 0 aliphatic heterocycles. The molecule has 1 heterocycles. The summed E-state index contributed by atoms with van der Waals surface area (Å²) in [5.74, 6) is 1.58. The molecule has 0 saturated heterocycles. The first kappa shape index (κ1) is 10.7. The van der Waals surface area contributed by atoms with Crippen molar-refractivity contribution < 1.29 is 4.74 Å². The van der Waals surface area contributed by atoms with Gasteiger partial charge in [-0.25, -0.2) is 0 Å². The molecule has 0 fully saturated rings. The molecule has 0 saturated carbocycles. The van der Waals surface area contributed by atoms with Gasteiger partial charge in [0.15, 0.2) is 0 Å². The highest BCUT2D eigenvalue weighted by atomic mass is 32.2. The lowest BCUT2D eigenvalue weighted by atomic mass is 10.3. The molecule has 0 aliphatic rings. The number of methoxy groups -OCH3 is 1. The van der Waals surface area contributed by atoms with Crippen molar-refractivity contribution in [2.75, 3.05) is 18.6 Å². The lowest BCUT2D eigenvalue weighted by molar-refractivity contribution is 0.396. The molecule has 14 heavy (non-hydrogen) atoms. The summed E-state index contributed by atoms with van der Waals surface area (Å²) in [5, 5.41) is 8.81. The lowest BCUT2D eigenvalue weighted by Crippen LogP contribution is -1.99. The highest BCUT2D eigenvalue weighted by molar-refractivity contribution is 7.99. The summed E-state index contributed by atoms with van der Waals surface area (Å²) in [6.45, 7) is 2.01. The minimum Gasteiger partial charge on any atom is -0.480 e. The fraction of sp³-hybridized carbons (Fsp3) is 0.333. The molecule has 1 aromatic heterocycles. The SMILES string of the molecule is CCSc1cc(C#N)c(OC)nc1N. The molecular formula is C9H11N3OS. The van der Waals surface area contributed by atoms with Crippen LogP contribution in [0.4, 0.5) is 5.82 Å². The predicted octanol–water partition coefficient (Wildman–Crippen LogP) is 1.66. The van der Waals surface area contributed by atoms with Gasteiger partial charge < -0.3 is 10.5 Å². The van der Waals surface area contributed by atoms with Gasteiger partial charge in [-0.2, -0.15) is 10.2 Å². The second kappa shape index (κ2) is 4.72. The second-order valence-electron chi connectivity index (χ2n) is 2.47. The van der Waals surface area contributed by atoms with Crippen LogP contribution >= 0.6 is 11.8 Å². The first-order chi connectivity index (χ1) is 6.72. The van der Waals surface area contributed by atoms with E-state index in [9.17, 15) is 0 Å². The fourth-order valence-corrected chi connectivity index (χ4v) is 1.70. The summed E-state index contributed by atoms with van der Waals surface area (Å²) in [5.41, 5.74) is 6.10. The van der Waals surface area contributed by atoms with Gasteiger partial charge in [-0.3, -0.25) is 0 Å². The zero-order valence-corrected chi connectivity index (χ0v) is 8.89. The molecule has 0 unspecified atom stereocenters. The van der Waals surface area contributed by atoms with Crippen LogP contribution in [0, 0.1) is 11.3 Å². The Kier molecular flexibility index (Phi) is 3.60. The van der Waals surface area contributed by atoms with E-state index in [1.165, 1.54) is 7.11 Å². The number of aromatic nitrogens is 1. The number of nitrogens with zero attached hydrogens (tertiary/aromatic N) is 2. The quantitative estimate of drug-likeness (QED) is 0.766. The molecule has 0 amide bonds. The van der Waals surface area contributed by atoms with Crippen molar-refractivity contribution >= 4 is 17.6 Å². The third kappa shape index (κ3) is 2.09. The largest absolute Gasteiger partial charge is 0.480 e. The Bertz CT molecular complexity index is 373. The van der Waals surface area contributed by atoms with Crippen LogP contribution in [0.1, 0.15) is 12.5 Å². The highest BCUT2D eigenvalue weighted by Crippen LogP contribution is 2.28. The van der Waals surface area contributed by atoms with Crippen LogP contribution in [0.15, 0.2) is 11.0 Å². The maximum Gasteiger partial charge on any atom is 0.233 e. The Morgan fingerprint density at radius 1 is 1.71 bits per heavy atom. The third-order valence-electron chi connectivity index (χ3n) is 1.59. The van der Waals surface area contributed by atoms with E-state index in [2.05, 4.69) is 4.98 Å². The molecule has 74 valence electrons. The van der Waals surface area contributed by atoms with Crippen molar-refractivity contribution in [3.8, 4) is 11.9 Å². The van der Waals surface area contributed by atoms with Gasteiger partial charge in [0.25, 0.3) is 0 Å².